The SMILES string of the molecule is CCCCc1c(C)c(F)c(F)c(F)c1F. The molecule has 1 rings (SSSR count). The lowest BCUT2D eigenvalue weighted by atomic mass is 10.0. The van der Waals surface area contributed by atoms with E-state index in [1.807, 2.05) is 6.92 Å². The molecular weight excluding hydrogens is 208 g/mol. The lowest BCUT2D eigenvalue weighted by Gasteiger charge is -2.09. The van der Waals surface area contributed by atoms with Gasteiger partial charge in [-0.2, -0.15) is 0 Å². The van der Waals surface area contributed by atoms with Gasteiger partial charge in [-0.1, -0.05) is 13.3 Å². The second kappa shape index (κ2) is 4.64. The molecule has 4 heteroatoms. The zero-order chi connectivity index (χ0) is 11.6. The van der Waals surface area contributed by atoms with Gasteiger partial charge < -0.3 is 0 Å². The molecular formula is C11H12F4. The topological polar surface area (TPSA) is 0 Å². The summed E-state index contributed by atoms with van der Waals surface area (Å²) < 4.78 is 52.0. The van der Waals surface area contributed by atoms with Crippen molar-refractivity contribution >= 4 is 0 Å². The van der Waals surface area contributed by atoms with Gasteiger partial charge in [0.05, 0.1) is 0 Å². The number of benzene rings is 1. The van der Waals surface area contributed by atoms with E-state index in [4.69, 9.17) is 0 Å². The highest BCUT2D eigenvalue weighted by molar-refractivity contribution is 5.31. The van der Waals surface area contributed by atoms with Crippen LogP contribution in [0.3, 0.4) is 0 Å². The summed E-state index contributed by atoms with van der Waals surface area (Å²) in [6.07, 6.45) is 1.62. The number of rotatable bonds is 3. The molecule has 0 amide bonds. The monoisotopic (exact) mass is 220 g/mol. The van der Waals surface area contributed by atoms with Crippen molar-refractivity contribution in [3.63, 3.8) is 0 Å². The van der Waals surface area contributed by atoms with Crippen LogP contribution in [0.4, 0.5) is 17.6 Å². The van der Waals surface area contributed by atoms with Crippen LogP contribution in [-0.4, -0.2) is 0 Å². The van der Waals surface area contributed by atoms with Crippen LogP contribution >= 0.6 is 0 Å². The zero-order valence-corrected chi connectivity index (χ0v) is 8.63. The van der Waals surface area contributed by atoms with E-state index in [9.17, 15) is 17.6 Å². The van der Waals surface area contributed by atoms with Gasteiger partial charge in [-0.3, -0.25) is 0 Å². The third-order valence-corrected chi connectivity index (χ3v) is 2.41. The quantitative estimate of drug-likeness (QED) is 0.412. The summed E-state index contributed by atoms with van der Waals surface area (Å²) in [6.45, 7) is 3.13. The third kappa shape index (κ3) is 2.13. The second-order valence-electron chi connectivity index (χ2n) is 3.46. The number of hydrogen-bond donors (Lipinski definition) is 0. The summed E-state index contributed by atoms with van der Waals surface area (Å²) in [7, 11) is 0. The summed E-state index contributed by atoms with van der Waals surface area (Å²) >= 11 is 0. The summed E-state index contributed by atoms with van der Waals surface area (Å²) in [4.78, 5) is 0. The van der Waals surface area contributed by atoms with Gasteiger partial charge >= 0.3 is 0 Å². The molecule has 0 spiro atoms. The molecule has 1 aromatic carbocycles. The Hall–Kier alpha value is -1.06. The molecule has 0 N–H and O–H groups in total. The highest BCUT2D eigenvalue weighted by atomic mass is 19.2. The predicted octanol–water partition coefficient (Wildman–Crippen LogP) is 3.89. The Kier molecular flexibility index (Phi) is 3.72. The molecule has 0 atom stereocenters. The van der Waals surface area contributed by atoms with Gasteiger partial charge in [-0.25, -0.2) is 17.6 Å². The molecule has 0 saturated heterocycles. The van der Waals surface area contributed by atoms with Crippen molar-refractivity contribution in [2.75, 3.05) is 0 Å². The van der Waals surface area contributed by atoms with Crippen molar-refractivity contribution in [3.8, 4) is 0 Å². The molecule has 0 heterocycles. The molecule has 0 aliphatic carbocycles. The van der Waals surface area contributed by atoms with Crippen LogP contribution in [0.25, 0.3) is 0 Å². The van der Waals surface area contributed by atoms with Crippen LogP contribution in [0.1, 0.15) is 30.9 Å². The van der Waals surface area contributed by atoms with Crippen LogP contribution in [0, 0.1) is 30.2 Å². The average Bonchev–Trinajstić information content (AvgIpc) is 2.24. The fourth-order valence-corrected chi connectivity index (χ4v) is 1.44. The maximum Gasteiger partial charge on any atom is 0.197 e. The van der Waals surface area contributed by atoms with Gasteiger partial charge in [0.25, 0.3) is 0 Å². The summed E-state index contributed by atoms with van der Waals surface area (Å²) in [6, 6.07) is 0. The Balaban J connectivity index is 3.26. The van der Waals surface area contributed by atoms with Gasteiger partial charge in [0.1, 0.15) is 0 Å². The lowest BCUT2D eigenvalue weighted by molar-refractivity contribution is 0.399. The van der Waals surface area contributed by atoms with Crippen molar-refractivity contribution in [2.45, 2.75) is 33.1 Å². The molecule has 0 aliphatic rings. The van der Waals surface area contributed by atoms with Crippen LogP contribution in [-0.2, 0) is 6.42 Å². The minimum atomic E-state index is -1.73. The Bertz CT molecular complexity index is 342. The smallest absolute Gasteiger partial charge is 0.197 e. The Morgan fingerprint density at radius 3 is 1.93 bits per heavy atom. The van der Waals surface area contributed by atoms with E-state index < -0.39 is 23.3 Å². The average molecular weight is 220 g/mol. The molecule has 0 nitrogen and oxygen atoms in total. The first kappa shape index (κ1) is 12.0. The van der Waals surface area contributed by atoms with Crippen molar-refractivity contribution in [2.24, 2.45) is 0 Å². The molecule has 0 fully saturated rings. The fraction of sp³-hybridized carbons (Fsp3) is 0.455. The van der Waals surface area contributed by atoms with E-state index >= 15 is 0 Å². The molecule has 0 aromatic heterocycles. The minimum absolute atomic E-state index is 0.0618. The van der Waals surface area contributed by atoms with Crippen molar-refractivity contribution in [3.05, 3.63) is 34.4 Å². The van der Waals surface area contributed by atoms with E-state index in [1.54, 1.807) is 0 Å². The highest BCUT2D eigenvalue weighted by Gasteiger charge is 2.22. The fourth-order valence-electron chi connectivity index (χ4n) is 1.44. The van der Waals surface area contributed by atoms with Gasteiger partial charge in [0.2, 0.25) is 0 Å². The second-order valence-corrected chi connectivity index (χ2v) is 3.46. The van der Waals surface area contributed by atoms with Crippen molar-refractivity contribution in [1.82, 2.24) is 0 Å². The van der Waals surface area contributed by atoms with Crippen LogP contribution in [0.15, 0.2) is 0 Å². The predicted molar refractivity (Wildman–Crippen MR) is 49.6 cm³/mol. The molecule has 0 bridgehead atoms. The van der Waals surface area contributed by atoms with E-state index in [-0.39, 0.29) is 17.5 Å². The van der Waals surface area contributed by atoms with Gasteiger partial charge in [0.15, 0.2) is 23.3 Å². The summed E-state index contributed by atoms with van der Waals surface area (Å²) in [5, 5.41) is 0. The van der Waals surface area contributed by atoms with Gasteiger partial charge in [-0.05, 0) is 30.9 Å². The van der Waals surface area contributed by atoms with Gasteiger partial charge in [-0.15, -0.1) is 0 Å². The molecule has 84 valence electrons. The first-order chi connectivity index (χ1) is 7.00. The number of halogens is 4. The number of hydrogen-bond acceptors (Lipinski definition) is 0. The maximum atomic E-state index is 13.2. The molecule has 0 radical (unpaired) electrons. The zero-order valence-electron chi connectivity index (χ0n) is 8.63. The normalized spacial score (nSPS) is 10.8. The molecule has 0 saturated carbocycles. The minimum Gasteiger partial charge on any atom is -0.203 e. The Morgan fingerprint density at radius 2 is 1.40 bits per heavy atom. The van der Waals surface area contributed by atoms with Crippen LogP contribution < -0.4 is 0 Å². The summed E-state index contributed by atoms with van der Waals surface area (Å²) in [5.41, 5.74) is -0.201. The lowest BCUT2D eigenvalue weighted by Crippen LogP contribution is -2.06. The standard InChI is InChI=1S/C11H12F4/c1-3-4-5-7-6(2)8(12)10(14)11(15)9(7)13/h3-5H2,1-2H3. The van der Waals surface area contributed by atoms with Crippen molar-refractivity contribution in [1.29, 1.82) is 0 Å². The van der Waals surface area contributed by atoms with E-state index in [0.717, 1.165) is 6.42 Å². The molecule has 15 heavy (non-hydrogen) atoms. The first-order valence-electron chi connectivity index (χ1n) is 4.82. The van der Waals surface area contributed by atoms with Crippen LogP contribution in [0.5, 0.6) is 0 Å². The largest absolute Gasteiger partial charge is 0.203 e. The first-order valence-corrected chi connectivity index (χ1v) is 4.82. The van der Waals surface area contributed by atoms with E-state index in [0.29, 0.717) is 6.42 Å². The highest BCUT2D eigenvalue weighted by Crippen LogP contribution is 2.24. The van der Waals surface area contributed by atoms with E-state index in [1.165, 1.54) is 6.92 Å². The summed E-state index contributed by atoms with van der Waals surface area (Å²) in [5.74, 6) is -6.01. The van der Waals surface area contributed by atoms with Gasteiger partial charge in [0, 0.05) is 0 Å². The van der Waals surface area contributed by atoms with Crippen molar-refractivity contribution < 1.29 is 17.6 Å². The number of unbranched alkanes of at least 4 members (excludes halogenated alkanes) is 1. The third-order valence-electron chi connectivity index (χ3n) is 2.41. The van der Waals surface area contributed by atoms with Crippen LogP contribution in [0.2, 0.25) is 0 Å². The Labute approximate surface area is 85.9 Å². The maximum absolute atomic E-state index is 13.2. The van der Waals surface area contributed by atoms with E-state index in [2.05, 4.69) is 0 Å². The molecule has 0 aliphatic heterocycles. The molecule has 1 aromatic rings. The molecule has 0 unspecified atom stereocenters. The Morgan fingerprint density at radius 1 is 0.867 bits per heavy atom.